The quantitative estimate of drug-likeness (QED) is 0.793. The van der Waals surface area contributed by atoms with Gasteiger partial charge in [0.1, 0.15) is 0 Å². The van der Waals surface area contributed by atoms with Crippen molar-refractivity contribution in [2.24, 2.45) is 5.92 Å². The molecule has 1 N–H and O–H groups in total. The summed E-state index contributed by atoms with van der Waals surface area (Å²) in [5, 5.41) is 3.47. The van der Waals surface area contributed by atoms with Crippen molar-refractivity contribution in [3.05, 3.63) is 34.3 Å². The first kappa shape index (κ1) is 16.7. The highest BCUT2D eigenvalue weighted by atomic mass is 79.9. The maximum Gasteiger partial charge on any atom is 0.0953 e. The van der Waals surface area contributed by atoms with Crippen molar-refractivity contribution in [3.8, 4) is 0 Å². The molecule has 0 saturated heterocycles. The van der Waals surface area contributed by atoms with Crippen LogP contribution in [0, 0.1) is 5.92 Å². The third-order valence-corrected chi connectivity index (χ3v) is 3.80. The van der Waals surface area contributed by atoms with E-state index in [-0.39, 0.29) is 12.2 Å². The highest BCUT2D eigenvalue weighted by molar-refractivity contribution is 9.10. The van der Waals surface area contributed by atoms with Crippen LogP contribution in [0.25, 0.3) is 0 Å². The van der Waals surface area contributed by atoms with E-state index in [1.807, 2.05) is 0 Å². The molecule has 0 aliphatic rings. The molecule has 19 heavy (non-hydrogen) atoms. The molecule has 0 bridgehead atoms. The number of hydrogen-bond acceptors (Lipinski definition) is 2. The molecular weight excluding hydrogens is 302 g/mol. The van der Waals surface area contributed by atoms with Crippen LogP contribution in [0.1, 0.15) is 46.3 Å². The minimum Gasteiger partial charge on any atom is -0.369 e. The van der Waals surface area contributed by atoms with Crippen molar-refractivity contribution in [3.63, 3.8) is 0 Å². The SMILES string of the molecule is CC(C)NCC(OC(C)C(C)C)c1ccc(Br)cc1. The number of rotatable bonds is 7. The molecule has 108 valence electrons. The molecule has 0 radical (unpaired) electrons. The van der Waals surface area contributed by atoms with Crippen LogP contribution < -0.4 is 5.32 Å². The van der Waals surface area contributed by atoms with Gasteiger partial charge in [0.2, 0.25) is 0 Å². The second-order valence-electron chi connectivity index (χ2n) is 5.69. The van der Waals surface area contributed by atoms with E-state index >= 15 is 0 Å². The topological polar surface area (TPSA) is 21.3 Å². The number of hydrogen-bond donors (Lipinski definition) is 1. The second-order valence-corrected chi connectivity index (χ2v) is 6.60. The molecule has 0 saturated carbocycles. The molecule has 0 aliphatic heterocycles. The lowest BCUT2D eigenvalue weighted by atomic mass is 10.1. The second kappa shape index (κ2) is 8.03. The largest absolute Gasteiger partial charge is 0.369 e. The first-order chi connectivity index (χ1) is 8.90. The number of halogens is 1. The van der Waals surface area contributed by atoms with Gasteiger partial charge in [-0.1, -0.05) is 55.8 Å². The van der Waals surface area contributed by atoms with Gasteiger partial charge in [-0.3, -0.25) is 0 Å². The predicted octanol–water partition coefficient (Wildman–Crippen LogP) is 4.55. The Labute approximate surface area is 126 Å². The molecule has 1 rings (SSSR count). The van der Waals surface area contributed by atoms with Crippen molar-refractivity contribution < 1.29 is 4.74 Å². The van der Waals surface area contributed by atoms with Gasteiger partial charge in [-0.05, 0) is 30.5 Å². The molecule has 0 heterocycles. The molecule has 0 spiro atoms. The van der Waals surface area contributed by atoms with Gasteiger partial charge in [0.25, 0.3) is 0 Å². The van der Waals surface area contributed by atoms with Crippen LogP contribution in [0.2, 0.25) is 0 Å². The lowest BCUT2D eigenvalue weighted by Gasteiger charge is -2.26. The van der Waals surface area contributed by atoms with Crippen molar-refractivity contribution in [2.45, 2.75) is 52.9 Å². The number of ether oxygens (including phenoxy) is 1. The van der Waals surface area contributed by atoms with Gasteiger partial charge in [0, 0.05) is 17.1 Å². The number of benzene rings is 1. The van der Waals surface area contributed by atoms with E-state index in [0.717, 1.165) is 11.0 Å². The molecule has 2 nitrogen and oxygen atoms in total. The van der Waals surface area contributed by atoms with E-state index in [4.69, 9.17) is 4.74 Å². The van der Waals surface area contributed by atoms with Crippen LogP contribution >= 0.6 is 15.9 Å². The Bertz CT molecular complexity index is 362. The van der Waals surface area contributed by atoms with Crippen LogP contribution in [-0.2, 0) is 4.74 Å². The number of nitrogens with one attached hydrogen (secondary N) is 1. The minimum atomic E-state index is 0.105. The normalized spacial score (nSPS) is 14.9. The fourth-order valence-electron chi connectivity index (χ4n) is 1.68. The molecule has 0 amide bonds. The van der Waals surface area contributed by atoms with Gasteiger partial charge >= 0.3 is 0 Å². The maximum atomic E-state index is 6.21. The van der Waals surface area contributed by atoms with Crippen molar-refractivity contribution in [1.82, 2.24) is 5.32 Å². The van der Waals surface area contributed by atoms with Crippen LogP contribution in [-0.4, -0.2) is 18.7 Å². The monoisotopic (exact) mass is 327 g/mol. The van der Waals surface area contributed by atoms with E-state index < -0.39 is 0 Å². The van der Waals surface area contributed by atoms with Gasteiger partial charge in [-0.25, -0.2) is 0 Å². The third-order valence-electron chi connectivity index (χ3n) is 3.27. The standard InChI is InChI=1S/C16H26BrNO/c1-11(2)13(5)19-16(10-18-12(3)4)14-6-8-15(17)9-7-14/h6-9,11-13,16,18H,10H2,1-5H3. The van der Waals surface area contributed by atoms with Gasteiger partial charge in [-0.15, -0.1) is 0 Å². The fraction of sp³-hybridized carbons (Fsp3) is 0.625. The van der Waals surface area contributed by atoms with E-state index in [1.54, 1.807) is 0 Å². The van der Waals surface area contributed by atoms with E-state index in [9.17, 15) is 0 Å². The van der Waals surface area contributed by atoms with Gasteiger partial charge < -0.3 is 10.1 Å². The summed E-state index contributed by atoms with van der Waals surface area (Å²) in [6, 6.07) is 8.87. The van der Waals surface area contributed by atoms with Gasteiger partial charge in [-0.2, -0.15) is 0 Å². The molecule has 0 fully saturated rings. The van der Waals surface area contributed by atoms with Crippen LogP contribution in [0.5, 0.6) is 0 Å². The zero-order valence-corrected chi connectivity index (χ0v) is 14.2. The summed E-state index contributed by atoms with van der Waals surface area (Å²) in [5.74, 6) is 0.525. The van der Waals surface area contributed by atoms with Crippen LogP contribution in [0.3, 0.4) is 0 Å². The summed E-state index contributed by atoms with van der Waals surface area (Å²) in [7, 11) is 0. The van der Waals surface area contributed by atoms with E-state index in [1.165, 1.54) is 5.56 Å². The summed E-state index contributed by atoms with van der Waals surface area (Å²) in [6.07, 6.45) is 0.357. The summed E-state index contributed by atoms with van der Waals surface area (Å²) in [6.45, 7) is 11.7. The summed E-state index contributed by atoms with van der Waals surface area (Å²) >= 11 is 3.47. The van der Waals surface area contributed by atoms with Gasteiger partial charge in [0.05, 0.1) is 12.2 Å². The Morgan fingerprint density at radius 1 is 1.05 bits per heavy atom. The molecule has 3 heteroatoms. The Hall–Kier alpha value is -0.380. The zero-order chi connectivity index (χ0) is 14.4. The van der Waals surface area contributed by atoms with E-state index in [0.29, 0.717) is 12.0 Å². The molecule has 2 unspecified atom stereocenters. The first-order valence-corrected chi connectivity index (χ1v) is 7.83. The third kappa shape index (κ3) is 6.07. The van der Waals surface area contributed by atoms with Crippen molar-refractivity contribution >= 4 is 15.9 Å². The summed E-state index contributed by atoms with van der Waals surface area (Å²) in [4.78, 5) is 0. The van der Waals surface area contributed by atoms with Crippen molar-refractivity contribution in [1.29, 1.82) is 0 Å². The summed E-state index contributed by atoms with van der Waals surface area (Å²) < 4.78 is 7.31. The van der Waals surface area contributed by atoms with E-state index in [2.05, 4.69) is 80.1 Å². The maximum absolute atomic E-state index is 6.21. The molecule has 0 aromatic heterocycles. The van der Waals surface area contributed by atoms with Crippen LogP contribution in [0.4, 0.5) is 0 Å². The zero-order valence-electron chi connectivity index (χ0n) is 12.6. The Balaban J connectivity index is 2.76. The van der Waals surface area contributed by atoms with Gasteiger partial charge in [0.15, 0.2) is 0 Å². The predicted molar refractivity (Wildman–Crippen MR) is 85.4 cm³/mol. The smallest absolute Gasteiger partial charge is 0.0953 e. The minimum absolute atomic E-state index is 0.105. The molecule has 2 atom stereocenters. The Morgan fingerprint density at radius 2 is 1.63 bits per heavy atom. The fourth-order valence-corrected chi connectivity index (χ4v) is 1.95. The molecule has 1 aromatic carbocycles. The Kier molecular flexibility index (Phi) is 7.05. The molecule has 1 aromatic rings. The molecule has 0 aliphatic carbocycles. The highest BCUT2D eigenvalue weighted by Gasteiger charge is 2.18. The average Bonchev–Trinajstić information content (AvgIpc) is 2.35. The van der Waals surface area contributed by atoms with Crippen molar-refractivity contribution in [2.75, 3.05) is 6.54 Å². The summed E-state index contributed by atoms with van der Waals surface area (Å²) in [5.41, 5.74) is 1.23. The average molecular weight is 328 g/mol. The lowest BCUT2D eigenvalue weighted by molar-refractivity contribution is -0.0266. The Morgan fingerprint density at radius 3 is 2.11 bits per heavy atom. The first-order valence-electron chi connectivity index (χ1n) is 7.04. The van der Waals surface area contributed by atoms with Crippen LogP contribution in [0.15, 0.2) is 28.7 Å². The highest BCUT2D eigenvalue weighted by Crippen LogP contribution is 2.23. The molecular formula is C16H26BrNO. The lowest BCUT2D eigenvalue weighted by Crippen LogP contribution is -2.31.